The van der Waals surface area contributed by atoms with Gasteiger partial charge in [-0.05, 0) is 12.1 Å². The highest BCUT2D eigenvalue weighted by Crippen LogP contribution is 2.24. The highest BCUT2D eigenvalue weighted by Gasteiger charge is 2.13. The van der Waals surface area contributed by atoms with E-state index in [1.54, 1.807) is 18.2 Å². The third-order valence-corrected chi connectivity index (χ3v) is 3.23. The number of hydrogen-bond donors (Lipinski definition) is 2. The van der Waals surface area contributed by atoms with Crippen LogP contribution in [0.4, 0.5) is 5.69 Å². The molecule has 100 valence electrons. The first-order valence-corrected chi connectivity index (χ1v) is 7.29. The molecule has 1 amide bonds. The van der Waals surface area contributed by atoms with E-state index < -0.39 is 15.7 Å². The molecule has 0 radical (unpaired) electrons. The van der Waals surface area contributed by atoms with E-state index in [2.05, 4.69) is 5.32 Å². The van der Waals surface area contributed by atoms with Crippen molar-refractivity contribution >= 4 is 21.4 Å². The first kappa shape index (κ1) is 14.3. The molecule has 0 fully saturated rings. The number of para-hydroxylation sites is 1. The standard InChI is InChI=1S/C11H16N2O4S/c1-17-9-5-3-4-8(10(9)12)11(14)13-6-7-18(2,15)16/h3-5H,6-7,12H2,1-2H3,(H,13,14). The van der Waals surface area contributed by atoms with Crippen molar-refractivity contribution in [1.82, 2.24) is 5.32 Å². The molecule has 0 aromatic heterocycles. The van der Waals surface area contributed by atoms with Gasteiger partial charge < -0.3 is 15.8 Å². The number of benzene rings is 1. The van der Waals surface area contributed by atoms with E-state index >= 15 is 0 Å². The second-order valence-electron chi connectivity index (χ2n) is 3.81. The Morgan fingerprint density at radius 1 is 1.44 bits per heavy atom. The van der Waals surface area contributed by atoms with Gasteiger partial charge in [-0.25, -0.2) is 8.42 Å². The van der Waals surface area contributed by atoms with Crippen molar-refractivity contribution in [2.45, 2.75) is 0 Å². The molecule has 1 rings (SSSR count). The molecule has 1 aromatic carbocycles. The minimum atomic E-state index is -3.10. The Morgan fingerprint density at radius 3 is 2.67 bits per heavy atom. The summed E-state index contributed by atoms with van der Waals surface area (Å²) in [4.78, 5) is 11.8. The quantitative estimate of drug-likeness (QED) is 0.738. The number of ether oxygens (including phenoxy) is 1. The summed E-state index contributed by atoms with van der Waals surface area (Å²) in [6.45, 7) is 0.0499. The van der Waals surface area contributed by atoms with Gasteiger partial charge in [0.15, 0.2) is 0 Å². The molecular weight excluding hydrogens is 256 g/mol. The maximum absolute atomic E-state index is 11.8. The second kappa shape index (κ2) is 5.72. The summed E-state index contributed by atoms with van der Waals surface area (Å²) in [7, 11) is -1.64. The number of rotatable bonds is 5. The predicted octanol–water partition coefficient (Wildman–Crippen LogP) is 0.0518. The number of methoxy groups -OCH3 is 1. The van der Waals surface area contributed by atoms with Crippen LogP contribution < -0.4 is 15.8 Å². The molecule has 0 unspecified atom stereocenters. The molecule has 0 aliphatic carbocycles. The number of amides is 1. The van der Waals surface area contributed by atoms with Gasteiger partial charge in [-0.3, -0.25) is 4.79 Å². The topological polar surface area (TPSA) is 98.5 Å². The van der Waals surface area contributed by atoms with Gasteiger partial charge in [0.2, 0.25) is 0 Å². The zero-order chi connectivity index (χ0) is 13.8. The van der Waals surface area contributed by atoms with Gasteiger partial charge >= 0.3 is 0 Å². The molecule has 3 N–H and O–H groups in total. The van der Waals surface area contributed by atoms with Crippen molar-refractivity contribution in [2.24, 2.45) is 0 Å². The molecule has 0 bridgehead atoms. The van der Waals surface area contributed by atoms with Crippen LogP contribution in [0.25, 0.3) is 0 Å². The van der Waals surface area contributed by atoms with Crippen LogP contribution in [-0.4, -0.2) is 40.0 Å². The summed E-state index contributed by atoms with van der Waals surface area (Å²) >= 11 is 0. The van der Waals surface area contributed by atoms with Gasteiger partial charge in [-0.1, -0.05) is 6.07 Å². The van der Waals surface area contributed by atoms with Crippen LogP contribution in [0.2, 0.25) is 0 Å². The number of nitrogen functional groups attached to an aromatic ring is 1. The summed E-state index contributed by atoms with van der Waals surface area (Å²) in [6, 6.07) is 4.83. The minimum absolute atomic E-state index is 0.0499. The predicted molar refractivity (Wildman–Crippen MR) is 69.5 cm³/mol. The first-order valence-electron chi connectivity index (χ1n) is 5.23. The second-order valence-corrected chi connectivity index (χ2v) is 6.07. The van der Waals surface area contributed by atoms with E-state index in [0.29, 0.717) is 5.75 Å². The monoisotopic (exact) mass is 272 g/mol. The third-order valence-electron chi connectivity index (χ3n) is 2.29. The third kappa shape index (κ3) is 3.92. The Hall–Kier alpha value is -1.76. The van der Waals surface area contributed by atoms with Crippen LogP contribution in [-0.2, 0) is 9.84 Å². The zero-order valence-corrected chi connectivity index (χ0v) is 11.1. The maximum atomic E-state index is 11.8. The Labute approximate surface area is 106 Å². The molecule has 0 saturated carbocycles. The van der Waals surface area contributed by atoms with Crippen LogP contribution in [0.5, 0.6) is 5.75 Å². The van der Waals surface area contributed by atoms with Gasteiger partial charge in [-0.2, -0.15) is 0 Å². The largest absolute Gasteiger partial charge is 0.495 e. The Balaban J connectivity index is 2.73. The lowest BCUT2D eigenvalue weighted by Crippen LogP contribution is -2.29. The summed E-state index contributed by atoms with van der Waals surface area (Å²) < 4.78 is 26.8. The van der Waals surface area contributed by atoms with Gasteiger partial charge in [0.1, 0.15) is 15.6 Å². The van der Waals surface area contributed by atoms with Crippen LogP contribution >= 0.6 is 0 Å². The maximum Gasteiger partial charge on any atom is 0.253 e. The van der Waals surface area contributed by atoms with Crippen molar-refractivity contribution in [3.8, 4) is 5.75 Å². The summed E-state index contributed by atoms with van der Waals surface area (Å²) in [5.41, 5.74) is 6.25. The Kier molecular flexibility index (Phi) is 4.55. The van der Waals surface area contributed by atoms with E-state index in [1.165, 1.54) is 7.11 Å². The zero-order valence-electron chi connectivity index (χ0n) is 10.3. The highest BCUT2D eigenvalue weighted by molar-refractivity contribution is 7.90. The molecule has 6 nitrogen and oxygen atoms in total. The molecule has 0 heterocycles. The molecule has 1 aromatic rings. The van der Waals surface area contributed by atoms with Crippen molar-refractivity contribution in [2.75, 3.05) is 31.4 Å². The van der Waals surface area contributed by atoms with Crippen molar-refractivity contribution in [3.63, 3.8) is 0 Å². The molecule has 0 spiro atoms. The number of sulfone groups is 1. The van der Waals surface area contributed by atoms with Gasteiger partial charge in [-0.15, -0.1) is 0 Å². The van der Waals surface area contributed by atoms with E-state index in [0.717, 1.165) is 6.26 Å². The Bertz CT molecular complexity index is 540. The van der Waals surface area contributed by atoms with Crippen LogP contribution in [0.15, 0.2) is 18.2 Å². The fraction of sp³-hybridized carbons (Fsp3) is 0.364. The fourth-order valence-electron chi connectivity index (χ4n) is 1.37. The van der Waals surface area contributed by atoms with Crippen LogP contribution in [0, 0.1) is 0 Å². The average molecular weight is 272 g/mol. The summed E-state index contributed by atoms with van der Waals surface area (Å²) in [6.07, 6.45) is 1.11. The van der Waals surface area contributed by atoms with Crippen molar-refractivity contribution < 1.29 is 17.9 Å². The number of carbonyl (C=O) groups is 1. The lowest BCUT2D eigenvalue weighted by molar-refractivity contribution is 0.0956. The van der Waals surface area contributed by atoms with E-state index in [9.17, 15) is 13.2 Å². The first-order chi connectivity index (χ1) is 8.35. The average Bonchev–Trinajstić information content (AvgIpc) is 2.27. The van der Waals surface area contributed by atoms with Gasteiger partial charge in [0, 0.05) is 12.8 Å². The highest BCUT2D eigenvalue weighted by atomic mass is 32.2. The molecule has 0 atom stereocenters. The normalized spacial score (nSPS) is 11.0. The van der Waals surface area contributed by atoms with Gasteiger partial charge in [0.05, 0.1) is 24.1 Å². The smallest absolute Gasteiger partial charge is 0.253 e. The SMILES string of the molecule is COc1cccc(C(=O)NCCS(C)(=O)=O)c1N. The van der Waals surface area contributed by atoms with E-state index in [-0.39, 0.29) is 23.5 Å². The van der Waals surface area contributed by atoms with E-state index in [4.69, 9.17) is 10.5 Å². The number of nitrogens with two attached hydrogens (primary N) is 1. The molecule has 0 saturated heterocycles. The molecule has 0 aliphatic rings. The van der Waals surface area contributed by atoms with Crippen molar-refractivity contribution in [1.29, 1.82) is 0 Å². The molecule has 18 heavy (non-hydrogen) atoms. The van der Waals surface area contributed by atoms with E-state index in [1.807, 2.05) is 0 Å². The molecule has 7 heteroatoms. The van der Waals surface area contributed by atoms with Crippen LogP contribution in [0.1, 0.15) is 10.4 Å². The lowest BCUT2D eigenvalue weighted by Gasteiger charge is -2.10. The molecule has 0 aliphatic heterocycles. The minimum Gasteiger partial charge on any atom is -0.495 e. The molecular formula is C11H16N2O4S. The summed E-state index contributed by atoms with van der Waals surface area (Å²) in [5, 5.41) is 2.49. The lowest BCUT2D eigenvalue weighted by atomic mass is 10.1. The van der Waals surface area contributed by atoms with Crippen LogP contribution in [0.3, 0.4) is 0 Å². The number of anilines is 1. The summed E-state index contributed by atoms with van der Waals surface area (Å²) in [5.74, 6) is -0.122. The number of nitrogens with one attached hydrogen (secondary N) is 1. The fourth-order valence-corrected chi connectivity index (χ4v) is 1.84. The number of carbonyl (C=O) groups excluding carboxylic acids is 1. The number of hydrogen-bond acceptors (Lipinski definition) is 5. The van der Waals surface area contributed by atoms with Gasteiger partial charge in [0.25, 0.3) is 5.91 Å². The van der Waals surface area contributed by atoms with Crippen molar-refractivity contribution in [3.05, 3.63) is 23.8 Å². The Morgan fingerprint density at radius 2 is 2.11 bits per heavy atom.